The Labute approximate surface area is 173 Å². The topological polar surface area (TPSA) is 46.3 Å². The molecule has 0 radical (unpaired) electrons. The Kier molecular flexibility index (Phi) is 5.33. The summed E-state index contributed by atoms with van der Waals surface area (Å²) in [6.07, 6.45) is 3.66. The van der Waals surface area contributed by atoms with Crippen LogP contribution in [-0.4, -0.2) is 17.1 Å². The Morgan fingerprint density at radius 3 is 2.81 bits per heavy atom. The standard InChI is InChI=1S/C20H15BrN2O2S2/c1-26-14-8-9-17-18(11-14)27-20(22-17)23(12-13-5-4-10-25-13)19(24)15-6-2-3-7-16(15)21/h2-11H,12H2,1H3. The SMILES string of the molecule is CSc1ccc2nc(N(Cc3ccco3)C(=O)c3ccccc3Br)sc2c1. The number of fused-ring (bicyclic) bond motifs is 1. The van der Waals surface area contributed by atoms with Gasteiger partial charge in [-0.05, 0) is 64.7 Å². The molecule has 0 fully saturated rings. The molecule has 0 unspecified atom stereocenters. The molecule has 4 aromatic rings. The summed E-state index contributed by atoms with van der Waals surface area (Å²) in [5.41, 5.74) is 1.48. The van der Waals surface area contributed by atoms with Crippen molar-refractivity contribution in [2.45, 2.75) is 11.4 Å². The molecule has 0 saturated carbocycles. The first-order chi connectivity index (χ1) is 13.2. The van der Waals surface area contributed by atoms with Crippen molar-refractivity contribution in [3.63, 3.8) is 0 Å². The lowest BCUT2D eigenvalue weighted by molar-refractivity contribution is 0.0982. The van der Waals surface area contributed by atoms with E-state index in [1.54, 1.807) is 29.0 Å². The molecule has 0 aliphatic rings. The van der Waals surface area contributed by atoms with Gasteiger partial charge in [0.15, 0.2) is 5.13 Å². The quantitative estimate of drug-likeness (QED) is 0.333. The third-order valence-electron chi connectivity index (χ3n) is 4.06. The van der Waals surface area contributed by atoms with Gasteiger partial charge in [-0.1, -0.05) is 23.5 Å². The number of hydrogen-bond donors (Lipinski definition) is 0. The number of aromatic nitrogens is 1. The number of rotatable bonds is 5. The van der Waals surface area contributed by atoms with Crippen LogP contribution in [0.15, 0.2) is 74.6 Å². The van der Waals surface area contributed by atoms with Crippen molar-refractivity contribution in [1.82, 2.24) is 4.98 Å². The van der Waals surface area contributed by atoms with Crippen LogP contribution in [0.25, 0.3) is 10.2 Å². The minimum Gasteiger partial charge on any atom is -0.467 e. The van der Waals surface area contributed by atoms with E-state index < -0.39 is 0 Å². The maximum atomic E-state index is 13.3. The summed E-state index contributed by atoms with van der Waals surface area (Å²) in [5.74, 6) is 0.586. The number of furan rings is 1. The summed E-state index contributed by atoms with van der Waals surface area (Å²) >= 11 is 6.68. The van der Waals surface area contributed by atoms with E-state index in [4.69, 9.17) is 9.40 Å². The number of benzene rings is 2. The number of amides is 1. The van der Waals surface area contributed by atoms with E-state index >= 15 is 0 Å². The van der Waals surface area contributed by atoms with Crippen molar-refractivity contribution >= 4 is 60.3 Å². The van der Waals surface area contributed by atoms with Gasteiger partial charge >= 0.3 is 0 Å². The maximum absolute atomic E-state index is 13.3. The van der Waals surface area contributed by atoms with Gasteiger partial charge in [0.05, 0.1) is 28.6 Å². The molecule has 1 amide bonds. The number of hydrogen-bond acceptors (Lipinski definition) is 5. The molecule has 0 spiro atoms. The number of carbonyl (C=O) groups is 1. The van der Waals surface area contributed by atoms with Gasteiger partial charge in [-0.3, -0.25) is 9.69 Å². The van der Waals surface area contributed by atoms with Crippen molar-refractivity contribution in [3.05, 3.63) is 76.7 Å². The number of thioether (sulfide) groups is 1. The van der Waals surface area contributed by atoms with E-state index in [2.05, 4.69) is 22.0 Å². The highest BCUT2D eigenvalue weighted by Crippen LogP contribution is 2.33. The normalized spacial score (nSPS) is 11.0. The molecule has 2 heterocycles. The summed E-state index contributed by atoms with van der Waals surface area (Å²) in [6.45, 7) is 0.322. The van der Waals surface area contributed by atoms with Crippen LogP contribution in [0.3, 0.4) is 0 Å². The largest absolute Gasteiger partial charge is 0.467 e. The molecule has 4 rings (SSSR count). The fourth-order valence-corrected chi connectivity index (χ4v) is 4.67. The highest BCUT2D eigenvalue weighted by atomic mass is 79.9. The molecule has 27 heavy (non-hydrogen) atoms. The molecule has 7 heteroatoms. The smallest absolute Gasteiger partial charge is 0.261 e. The maximum Gasteiger partial charge on any atom is 0.261 e. The Balaban J connectivity index is 1.78. The molecular formula is C20H15BrN2O2S2. The predicted molar refractivity (Wildman–Crippen MR) is 115 cm³/mol. The van der Waals surface area contributed by atoms with Crippen LogP contribution >= 0.6 is 39.0 Å². The Morgan fingerprint density at radius 1 is 1.22 bits per heavy atom. The molecule has 2 aromatic carbocycles. The van der Waals surface area contributed by atoms with E-state index in [9.17, 15) is 4.79 Å². The lowest BCUT2D eigenvalue weighted by Gasteiger charge is -2.19. The summed E-state index contributed by atoms with van der Waals surface area (Å²) in [5, 5.41) is 0.653. The fourth-order valence-electron chi connectivity index (χ4n) is 2.70. The minimum atomic E-state index is -0.122. The van der Waals surface area contributed by atoms with Crippen LogP contribution in [0.1, 0.15) is 16.1 Å². The molecule has 0 bridgehead atoms. The lowest BCUT2D eigenvalue weighted by Crippen LogP contribution is -2.30. The van der Waals surface area contributed by atoms with Crippen LogP contribution in [0.5, 0.6) is 0 Å². The van der Waals surface area contributed by atoms with Crippen LogP contribution < -0.4 is 4.90 Å². The number of anilines is 1. The zero-order chi connectivity index (χ0) is 18.8. The molecule has 4 nitrogen and oxygen atoms in total. The molecule has 0 aliphatic carbocycles. The van der Waals surface area contributed by atoms with Crippen molar-refractivity contribution < 1.29 is 9.21 Å². The summed E-state index contributed by atoms with van der Waals surface area (Å²) in [7, 11) is 0. The zero-order valence-electron chi connectivity index (χ0n) is 14.4. The van der Waals surface area contributed by atoms with E-state index in [0.717, 1.165) is 14.7 Å². The van der Waals surface area contributed by atoms with E-state index in [1.165, 1.54) is 16.2 Å². The highest BCUT2D eigenvalue weighted by molar-refractivity contribution is 9.10. The van der Waals surface area contributed by atoms with Gasteiger partial charge in [-0.15, -0.1) is 11.8 Å². The number of halogens is 1. The number of carbonyl (C=O) groups excluding carboxylic acids is 1. The van der Waals surface area contributed by atoms with Crippen LogP contribution in [-0.2, 0) is 6.54 Å². The molecule has 0 atom stereocenters. The lowest BCUT2D eigenvalue weighted by atomic mass is 10.2. The summed E-state index contributed by atoms with van der Waals surface area (Å²) in [6, 6.07) is 17.2. The molecule has 0 N–H and O–H groups in total. The predicted octanol–water partition coefficient (Wildman–Crippen LogP) is 6.22. The first-order valence-electron chi connectivity index (χ1n) is 8.19. The van der Waals surface area contributed by atoms with Crippen LogP contribution in [0.4, 0.5) is 5.13 Å². The van der Waals surface area contributed by atoms with Crippen molar-refractivity contribution in [2.75, 3.05) is 11.2 Å². The van der Waals surface area contributed by atoms with Gasteiger partial charge in [-0.25, -0.2) is 4.98 Å². The number of nitrogens with zero attached hydrogens (tertiary/aromatic N) is 2. The van der Waals surface area contributed by atoms with Crippen molar-refractivity contribution in [1.29, 1.82) is 0 Å². The Hall–Kier alpha value is -2.09. The molecule has 0 aliphatic heterocycles. The average Bonchev–Trinajstić information content (AvgIpc) is 3.34. The second kappa shape index (κ2) is 7.88. The van der Waals surface area contributed by atoms with Gasteiger partial charge in [0.25, 0.3) is 5.91 Å². The van der Waals surface area contributed by atoms with Gasteiger partial charge in [0.2, 0.25) is 0 Å². The summed E-state index contributed by atoms with van der Waals surface area (Å²) < 4.78 is 7.29. The monoisotopic (exact) mass is 458 g/mol. The average molecular weight is 459 g/mol. The molecular weight excluding hydrogens is 444 g/mol. The van der Waals surface area contributed by atoms with Gasteiger partial charge in [0.1, 0.15) is 5.76 Å². The van der Waals surface area contributed by atoms with Crippen molar-refractivity contribution in [3.8, 4) is 0 Å². The first-order valence-corrected chi connectivity index (χ1v) is 11.0. The minimum absolute atomic E-state index is 0.122. The highest BCUT2D eigenvalue weighted by Gasteiger charge is 2.24. The summed E-state index contributed by atoms with van der Waals surface area (Å²) in [4.78, 5) is 20.9. The van der Waals surface area contributed by atoms with Gasteiger partial charge < -0.3 is 4.42 Å². The number of thiazole rings is 1. The third-order valence-corrected chi connectivity index (χ3v) is 6.52. The Bertz CT molecular complexity index is 1090. The van der Waals surface area contributed by atoms with Gasteiger partial charge in [-0.2, -0.15) is 0 Å². The van der Waals surface area contributed by atoms with E-state index in [0.29, 0.717) is 23.0 Å². The fraction of sp³-hybridized carbons (Fsp3) is 0.100. The second-order valence-electron chi connectivity index (χ2n) is 5.78. The van der Waals surface area contributed by atoms with Gasteiger partial charge in [0, 0.05) is 9.37 Å². The Morgan fingerprint density at radius 2 is 2.07 bits per heavy atom. The molecule has 136 valence electrons. The third kappa shape index (κ3) is 3.81. The molecule has 0 saturated heterocycles. The van der Waals surface area contributed by atoms with Crippen molar-refractivity contribution in [2.24, 2.45) is 0 Å². The van der Waals surface area contributed by atoms with E-state index in [1.807, 2.05) is 48.7 Å². The zero-order valence-corrected chi connectivity index (χ0v) is 17.6. The van der Waals surface area contributed by atoms with Crippen LogP contribution in [0.2, 0.25) is 0 Å². The van der Waals surface area contributed by atoms with Crippen LogP contribution in [0, 0.1) is 0 Å². The second-order valence-corrected chi connectivity index (χ2v) is 8.52. The first kappa shape index (κ1) is 18.3. The van der Waals surface area contributed by atoms with E-state index in [-0.39, 0.29) is 5.91 Å². The molecule has 2 aromatic heterocycles.